The summed E-state index contributed by atoms with van der Waals surface area (Å²) in [5, 5.41) is 4.15. The topological polar surface area (TPSA) is 50.7 Å². The van der Waals surface area contributed by atoms with Gasteiger partial charge in [-0.1, -0.05) is 17.7 Å². The Morgan fingerprint density at radius 1 is 1.14 bits per heavy atom. The molecule has 0 radical (unpaired) electrons. The largest absolute Gasteiger partial charge is 0.494 e. The highest BCUT2D eigenvalue weighted by molar-refractivity contribution is 6.00. The number of hydrogen-bond acceptors (Lipinski definition) is 3. The van der Waals surface area contributed by atoms with E-state index >= 15 is 0 Å². The maximum Gasteiger partial charge on any atom is 0.271 e. The van der Waals surface area contributed by atoms with Crippen LogP contribution in [-0.2, 0) is 0 Å². The predicted molar refractivity (Wildman–Crippen MR) is 88.5 cm³/mol. The van der Waals surface area contributed by atoms with Gasteiger partial charge in [-0.2, -0.15) is 5.10 Å². The lowest BCUT2D eigenvalue weighted by Gasteiger charge is -2.06. The SMILES string of the molecule is CCOc1ccc(C(C)=NNC(=O)c2cccc(C)c2)cc1. The van der Waals surface area contributed by atoms with Gasteiger partial charge in [-0.15, -0.1) is 0 Å². The first-order valence-electron chi connectivity index (χ1n) is 7.24. The highest BCUT2D eigenvalue weighted by Crippen LogP contribution is 2.12. The van der Waals surface area contributed by atoms with Crippen molar-refractivity contribution in [3.05, 3.63) is 65.2 Å². The Balaban J connectivity index is 2.04. The molecule has 0 unspecified atom stereocenters. The van der Waals surface area contributed by atoms with Gasteiger partial charge in [0, 0.05) is 5.56 Å². The van der Waals surface area contributed by atoms with E-state index in [1.165, 1.54) is 0 Å². The highest BCUT2D eigenvalue weighted by Gasteiger charge is 2.05. The molecule has 0 atom stereocenters. The molecule has 0 aliphatic heterocycles. The zero-order valence-corrected chi connectivity index (χ0v) is 13.1. The molecule has 114 valence electrons. The van der Waals surface area contributed by atoms with Crippen molar-refractivity contribution in [3.63, 3.8) is 0 Å². The number of carbonyl (C=O) groups is 1. The number of ether oxygens (including phenoxy) is 1. The third-order valence-corrected chi connectivity index (χ3v) is 3.19. The van der Waals surface area contributed by atoms with Crippen molar-refractivity contribution in [1.29, 1.82) is 0 Å². The summed E-state index contributed by atoms with van der Waals surface area (Å²) in [4.78, 5) is 12.0. The molecule has 0 saturated carbocycles. The van der Waals surface area contributed by atoms with Gasteiger partial charge in [0.2, 0.25) is 0 Å². The lowest BCUT2D eigenvalue weighted by Crippen LogP contribution is -2.19. The second-order valence-corrected chi connectivity index (χ2v) is 4.97. The number of hydrogen-bond donors (Lipinski definition) is 1. The summed E-state index contributed by atoms with van der Waals surface area (Å²) < 4.78 is 5.40. The molecule has 0 bridgehead atoms. The fraction of sp³-hybridized carbons (Fsp3) is 0.222. The lowest BCUT2D eigenvalue weighted by molar-refractivity contribution is 0.0954. The number of nitrogens with zero attached hydrogens (tertiary/aromatic N) is 1. The van der Waals surface area contributed by atoms with Crippen molar-refractivity contribution in [2.75, 3.05) is 6.61 Å². The summed E-state index contributed by atoms with van der Waals surface area (Å²) in [5.41, 5.74) is 5.90. The van der Waals surface area contributed by atoms with Crippen LogP contribution in [0.1, 0.15) is 35.3 Å². The first-order chi connectivity index (χ1) is 10.6. The van der Waals surface area contributed by atoms with E-state index in [-0.39, 0.29) is 5.91 Å². The molecule has 0 aliphatic carbocycles. The Morgan fingerprint density at radius 3 is 2.50 bits per heavy atom. The monoisotopic (exact) mass is 296 g/mol. The van der Waals surface area contributed by atoms with E-state index < -0.39 is 0 Å². The first-order valence-corrected chi connectivity index (χ1v) is 7.24. The molecular weight excluding hydrogens is 276 g/mol. The molecule has 0 fully saturated rings. The quantitative estimate of drug-likeness (QED) is 0.677. The van der Waals surface area contributed by atoms with Crippen LogP contribution in [0.3, 0.4) is 0 Å². The average Bonchev–Trinajstić information content (AvgIpc) is 2.53. The highest BCUT2D eigenvalue weighted by atomic mass is 16.5. The smallest absolute Gasteiger partial charge is 0.271 e. The normalized spacial score (nSPS) is 11.1. The van der Waals surface area contributed by atoms with E-state index in [1.807, 2.05) is 63.2 Å². The molecule has 0 aromatic heterocycles. The van der Waals surface area contributed by atoms with Gasteiger partial charge in [-0.05, 0) is 62.7 Å². The molecule has 2 aromatic rings. The van der Waals surface area contributed by atoms with E-state index in [0.29, 0.717) is 12.2 Å². The Kier molecular flexibility index (Phi) is 5.31. The Morgan fingerprint density at radius 2 is 1.86 bits per heavy atom. The van der Waals surface area contributed by atoms with Crippen LogP contribution in [0, 0.1) is 6.92 Å². The average molecular weight is 296 g/mol. The molecule has 1 amide bonds. The van der Waals surface area contributed by atoms with Gasteiger partial charge in [0.05, 0.1) is 12.3 Å². The van der Waals surface area contributed by atoms with Gasteiger partial charge in [-0.3, -0.25) is 4.79 Å². The van der Waals surface area contributed by atoms with Gasteiger partial charge in [0.25, 0.3) is 5.91 Å². The fourth-order valence-electron chi connectivity index (χ4n) is 2.01. The van der Waals surface area contributed by atoms with Crippen molar-refractivity contribution >= 4 is 11.6 Å². The molecule has 0 saturated heterocycles. The minimum atomic E-state index is -0.214. The van der Waals surface area contributed by atoms with E-state index in [2.05, 4.69) is 10.5 Å². The van der Waals surface area contributed by atoms with Crippen LogP contribution in [0.15, 0.2) is 53.6 Å². The van der Waals surface area contributed by atoms with Crippen molar-refractivity contribution in [2.45, 2.75) is 20.8 Å². The molecule has 4 nitrogen and oxygen atoms in total. The molecule has 2 aromatic carbocycles. The summed E-state index contributed by atoms with van der Waals surface area (Å²) in [6.45, 7) is 6.39. The van der Waals surface area contributed by atoms with E-state index in [4.69, 9.17) is 4.74 Å². The number of rotatable bonds is 5. The van der Waals surface area contributed by atoms with Crippen molar-refractivity contribution in [2.24, 2.45) is 5.10 Å². The molecule has 0 aliphatic rings. The van der Waals surface area contributed by atoms with Gasteiger partial charge < -0.3 is 4.74 Å². The number of carbonyl (C=O) groups excluding carboxylic acids is 1. The van der Waals surface area contributed by atoms with Gasteiger partial charge in [0.1, 0.15) is 5.75 Å². The van der Waals surface area contributed by atoms with Crippen LogP contribution in [0.5, 0.6) is 5.75 Å². The van der Waals surface area contributed by atoms with Gasteiger partial charge in [0.15, 0.2) is 0 Å². The standard InChI is InChI=1S/C18H20N2O2/c1-4-22-17-10-8-15(9-11-17)14(3)19-20-18(21)16-7-5-6-13(2)12-16/h5-12H,4H2,1-3H3,(H,20,21). The van der Waals surface area contributed by atoms with Crippen LogP contribution < -0.4 is 10.2 Å². The van der Waals surface area contributed by atoms with E-state index in [9.17, 15) is 4.79 Å². The summed E-state index contributed by atoms with van der Waals surface area (Å²) >= 11 is 0. The minimum Gasteiger partial charge on any atom is -0.494 e. The summed E-state index contributed by atoms with van der Waals surface area (Å²) in [6.07, 6.45) is 0. The maximum atomic E-state index is 12.0. The lowest BCUT2D eigenvalue weighted by atomic mass is 10.1. The molecule has 0 spiro atoms. The van der Waals surface area contributed by atoms with Crippen LogP contribution >= 0.6 is 0 Å². The Labute approximate surface area is 130 Å². The minimum absolute atomic E-state index is 0.214. The molecule has 4 heteroatoms. The summed E-state index contributed by atoms with van der Waals surface area (Å²) in [7, 11) is 0. The zero-order valence-electron chi connectivity index (χ0n) is 13.1. The molecule has 1 N–H and O–H groups in total. The third kappa shape index (κ3) is 4.19. The number of aryl methyl sites for hydroxylation is 1. The maximum absolute atomic E-state index is 12.0. The van der Waals surface area contributed by atoms with Crippen LogP contribution in [0.4, 0.5) is 0 Å². The number of nitrogens with one attached hydrogen (secondary N) is 1. The summed E-state index contributed by atoms with van der Waals surface area (Å²) in [6, 6.07) is 15.0. The van der Waals surface area contributed by atoms with Crippen LogP contribution in [0.25, 0.3) is 0 Å². The van der Waals surface area contributed by atoms with Crippen molar-refractivity contribution < 1.29 is 9.53 Å². The number of benzene rings is 2. The van der Waals surface area contributed by atoms with Crippen LogP contribution in [0.2, 0.25) is 0 Å². The van der Waals surface area contributed by atoms with Crippen molar-refractivity contribution in [1.82, 2.24) is 5.43 Å². The second kappa shape index (κ2) is 7.41. The third-order valence-electron chi connectivity index (χ3n) is 3.19. The van der Waals surface area contributed by atoms with E-state index in [1.54, 1.807) is 6.07 Å². The molecule has 2 rings (SSSR count). The van der Waals surface area contributed by atoms with Gasteiger partial charge >= 0.3 is 0 Å². The predicted octanol–water partition coefficient (Wildman–Crippen LogP) is 3.55. The Hall–Kier alpha value is -2.62. The van der Waals surface area contributed by atoms with E-state index in [0.717, 1.165) is 22.6 Å². The molecular formula is C18H20N2O2. The number of hydrazone groups is 1. The van der Waals surface area contributed by atoms with Gasteiger partial charge in [-0.25, -0.2) is 5.43 Å². The molecule has 0 heterocycles. The molecule has 22 heavy (non-hydrogen) atoms. The van der Waals surface area contributed by atoms with Crippen LogP contribution in [-0.4, -0.2) is 18.2 Å². The summed E-state index contributed by atoms with van der Waals surface area (Å²) in [5.74, 6) is 0.608. The first kappa shape index (κ1) is 15.8. The fourth-order valence-corrected chi connectivity index (χ4v) is 2.01. The second-order valence-electron chi connectivity index (χ2n) is 4.97. The Bertz CT molecular complexity index is 676. The zero-order chi connectivity index (χ0) is 15.9. The number of amides is 1. The van der Waals surface area contributed by atoms with Crippen molar-refractivity contribution in [3.8, 4) is 5.75 Å².